The van der Waals surface area contributed by atoms with Gasteiger partial charge < -0.3 is 0 Å². The fraction of sp³-hybridized carbons (Fsp3) is 0.647. The number of anilines is 1. The quantitative estimate of drug-likeness (QED) is 0.782. The summed E-state index contributed by atoms with van der Waals surface area (Å²) in [7, 11) is 0. The summed E-state index contributed by atoms with van der Waals surface area (Å²) in [6.45, 7) is 4.82. The fourth-order valence-electron chi connectivity index (χ4n) is 2.84. The molecule has 6 heteroatoms. The van der Waals surface area contributed by atoms with Gasteiger partial charge in [0.2, 0.25) is 11.7 Å². The normalized spacial score (nSPS) is 14.9. The van der Waals surface area contributed by atoms with Crippen LogP contribution >= 0.6 is 0 Å². The van der Waals surface area contributed by atoms with E-state index in [4.69, 9.17) is 5.26 Å². The summed E-state index contributed by atoms with van der Waals surface area (Å²) in [6, 6.07) is 3.57. The molecule has 2 rings (SSSR count). The van der Waals surface area contributed by atoms with Gasteiger partial charge in [0, 0.05) is 25.2 Å². The fourth-order valence-corrected chi connectivity index (χ4v) is 2.84. The molecule has 0 radical (unpaired) electrons. The van der Waals surface area contributed by atoms with Gasteiger partial charge in [0.05, 0.1) is 0 Å². The summed E-state index contributed by atoms with van der Waals surface area (Å²) in [5.41, 5.74) is 3.15. The van der Waals surface area contributed by atoms with Gasteiger partial charge in [-0.25, -0.2) is 15.4 Å². The number of amides is 1. The molecular formula is C17H25N5O. The molecule has 6 nitrogen and oxygen atoms in total. The van der Waals surface area contributed by atoms with E-state index in [1.165, 1.54) is 36.9 Å². The standard InChI is InChI=1S/C17H25N5O/c1-13(2)12-20-22(16-9-10-19-15(11-18)21-16)17(23)8-7-14-5-3-4-6-14/h9-10,13-14,20H,3-8,12H2,1-2H3. The summed E-state index contributed by atoms with van der Waals surface area (Å²) in [5, 5.41) is 10.4. The monoisotopic (exact) mass is 315 g/mol. The molecule has 1 saturated carbocycles. The zero-order chi connectivity index (χ0) is 16.7. The van der Waals surface area contributed by atoms with Gasteiger partial charge in [-0.15, -0.1) is 0 Å². The molecule has 1 aliphatic carbocycles. The molecule has 0 bridgehead atoms. The number of aromatic nitrogens is 2. The van der Waals surface area contributed by atoms with Crippen molar-refractivity contribution in [2.24, 2.45) is 11.8 Å². The molecule has 1 aliphatic rings. The second kappa shape index (κ2) is 8.59. The summed E-state index contributed by atoms with van der Waals surface area (Å²) < 4.78 is 0. The Kier molecular flexibility index (Phi) is 6.48. The summed E-state index contributed by atoms with van der Waals surface area (Å²) in [6.07, 6.45) is 7.97. The Bertz CT molecular complexity index is 560. The second-order valence-corrected chi connectivity index (χ2v) is 6.52. The van der Waals surface area contributed by atoms with Gasteiger partial charge in [-0.3, -0.25) is 4.79 Å². The maximum Gasteiger partial charge on any atom is 0.242 e. The van der Waals surface area contributed by atoms with E-state index in [1.54, 1.807) is 6.07 Å². The minimum Gasteiger partial charge on any atom is -0.273 e. The van der Waals surface area contributed by atoms with Crippen LogP contribution in [0.15, 0.2) is 12.3 Å². The van der Waals surface area contributed by atoms with Crippen LogP contribution in [0.4, 0.5) is 5.82 Å². The van der Waals surface area contributed by atoms with Crippen LogP contribution in [0.1, 0.15) is 58.2 Å². The van der Waals surface area contributed by atoms with Gasteiger partial charge in [-0.05, 0) is 18.3 Å². The van der Waals surface area contributed by atoms with E-state index in [1.807, 2.05) is 6.07 Å². The van der Waals surface area contributed by atoms with Crippen molar-refractivity contribution >= 4 is 11.7 Å². The lowest BCUT2D eigenvalue weighted by Gasteiger charge is -2.24. The SMILES string of the molecule is CC(C)CNN(C(=O)CCC1CCCC1)c1ccnc(C#N)n1. The molecule has 1 aromatic rings. The topological polar surface area (TPSA) is 81.9 Å². The molecule has 1 N–H and O–H groups in total. The molecule has 1 fully saturated rings. The van der Waals surface area contributed by atoms with E-state index in [-0.39, 0.29) is 11.7 Å². The van der Waals surface area contributed by atoms with Crippen molar-refractivity contribution in [3.05, 3.63) is 18.1 Å². The molecule has 0 aliphatic heterocycles. The Morgan fingerprint density at radius 1 is 1.48 bits per heavy atom. The number of hydrazine groups is 1. The molecule has 23 heavy (non-hydrogen) atoms. The van der Waals surface area contributed by atoms with Gasteiger partial charge in [0.25, 0.3) is 0 Å². The van der Waals surface area contributed by atoms with Crippen LogP contribution in [0.5, 0.6) is 0 Å². The second-order valence-electron chi connectivity index (χ2n) is 6.52. The lowest BCUT2D eigenvalue weighted by Crippen LogP contribution is -2.45. The predicted molar refractivity (Wildman–Crippen MR) is 88.3 cm³/mol. The van der Waals surface area contributed by atoms with Crippen molar-refractivity contribution in [2.45, 2.75) is 52.4 Å². The molecule has 0 saturated heterocycles. The van der Waals surface area contributed by atoms with Crippen molar-refractivity contribution in [1.29, 1.82) is 5.26 Å². The third-order valence-electron chi connectivity index (χ3n) is 4.12. The lowest BCUT2D eigenvalue weighted by atomic mass is 10.0. The number of nitrogens with one attached hydrogen (secondary N) is 1. The van der Waals surface area contributed by atoms with Gasteiger partial charge in [0.1, 0.15) is 6.07 Å². The third-order valence-corrected chi connectivity index (χ3v) is 4.12. The highest BCUT2D eigenvalue weighted by molar-refractivity contribution is 5.91. The molecule has 0 unspecified atom stereocenters. The Labute approximate surface area is 137 Å². The highest BCUT2D eigenvalue weighted by Crippen LogP contribution is 2.28. The van der Waals surface area contributed by atoms with Crippen LogP contribution in [0.3, 0.4) is 0 Å². The largest absolute Gasteiger partial charge is 0.273 e. The molecule has 124 valence electrons. The number of hydrogen-bond acceptors (Lipinski definition) is 5. The molecule has 1 amide bonds. The summed E-state index contributed by atoms with van der Waals surface area (Å²) >= 11 is 0. The average molecular weight is 315 g/mol. The smallest absolute Gasteiger partial charge is 0.242 e. The van der Waals surface area contributed by atoms with Crippen molar-refractivity contribution in [1.82, 2.24) is 15.4 Å². The average Bonchev–Trinajstić information content (AvgIpc) is 3.06. The number of nitrogens with zero attached hydrogens (tertiary/aromatic N) is 4. The van der Waals surface area contributed by atoms with E-state index in [0.717, 1.165) is 6.42 Å². The summed E-state index contributed by atoms with van der Waals surface area (Å²) in [4.78, 5) is 20.6. The maximum atomic E-state index is 12.6. The molecule has 0 aromatic carbocycles. The van der Waals surface area contributed by atoms with Crippen LogP contribution < -0.4 is 10.4 Å². The molecule has 0 spiro atoms. The van der Waals surface area contributed by atoms with Crippen molar-refractivity contribution < 1.29 is 4.79 Å². The van der Waals surface area contributed by atoms with Crippen LogP contribution in [0.2, 0.25) is 0 Å². The van der Waals surface area contributed by atoms with E-state index < -0.39 is 0 Å². The van der Waals surface area contributed by atoms with Gasteiger partial charge in [0.15, 0.2) is 5.82 Å². The van der Waals surface area contributed by atoms with Gasteiger partial charge in [-0.2, -0.15) is 10.2 Å². The van der Waals surface area contributed by atoms with Crippen LogP contribution in [0.25, 0.3) is 0 Å². The minimum absolute atomic E-state index is 0.000129. The predicted octanol–water partition coefficient (Wildman–Crippen LogP) is 2.81. The molecule has 1 heterocycles. The first-order valence-corrected chi connectivity index (χ1v) is 8.39. The number of carbonyl (C=O) groups is 1. The first-order valence-electron chi connectivity index (χ1n) is 8.39. The van der Waals surface area contributed by atoms with Crippen LogP contribution in [0, 0.1) is 23.2 Å². The highest BCUT2D eigenvalue weighted by Gasteiger charge is 2.21. The van der Waals surface area contributed by atoms with Crippen LogP contribution in [-0.2, 0) is 4.79 Å². The molecule has 1 aromatic heterocycles. The zero-order valence-electron chi connectivity index (χ0n) is 14.0. The van der Waals surface area contributed by atoms with Crippen LogP contribution in [-0.4, -0.2) is 22.4 Å². The maximum absolute atomic E-state index is 12.6. The minimum atomic E-state index is 0.000129. The molecular weight excluding hydrogens is 290 g/mol. The third kappa shape index (κ3) is 5.29. The number of carbonyl (C=O) groups excluding carboxylic acids is 1. The van der Waals surface area contributed by atoms with E-state index in [9.17, 15) is 4.79 Å². The Morgan fingerprint density at radius 3 is 2.87 bits per heavy atom. The first-order chi connectivity index (χ1) is 11.1. The van der Waals surface area contributed by atoms with E-state index >= 15 is 0 Å². The first kappa shape index (κ1) is 17.4. The van der Waals surface area contributed by atoms with Crippen molar-refractivity contribution in [3.63, 3.8) is 0 Å². The Balaban J connectivity index is 2.05. The Morgan fingerprint density at radius 2 is 2.22 bits per heavy atom. The van der Waals surface area contributed by atoms with Gasteiger partial charge >= 0.3 is 0 Å². The van der Waals surface area contributed by atoms with Crippen molar-refractivity contribution in [3.8, 4) is 6.07 Å². The van der Waals surface area contributed by atoms with Gasteiger partial charge in [-0.1, -0.05) is 39.5 Å². The Hall–Kier alpha value is -2.00. The van der Waals surface area contributed by atoms with Crippen molar-refractivity contribution in [2.75, 3.05) is 11.6 Å². The van der Waals surface area contributed by atoms with E-state index in [0.29, 0.717) is 30.6 Å². The number of rotatable bonds is 7. The lowest BCUT2D eigenvalue weighted by molar-refractivity contribution is -0.119. The molecule has 0 atom stereocenters. The highest BCUT2D eigenvalue weighted by atomic mass is 16.2. The number of nitriles is 1. The zero-order valence-corrected chi connectivity index (χ0v) is 14.0. The van der Waals surface area contributed by atoms with E-state index in [2.05, 4.69) is 29.2 Å². The number of hydrogen-bond donors (Lipinski definition) is 1. The summed E-state index contributed by atoms with van der Waals surface area (Å²) in [5.74, 6) is 1.58.